The average Bonchev–Trinajstić information content (AvgIpc) is 1.66. The first kappa shape index (κ1) is 7.37. The Labute approximate surface area is 53.6 Å². The lowest BCUT2D eigenvalue weighted by molar-refractivity contribution is 1.49. The van der Waals surface area contributed by atoms with Crippen molar-refractivity contribution in [3.63, 3.8) is 0 Å². The fourth-order valence-corrected chi connectivity index (χ4v) is 0.240. The summed E-state index contributed by atoms with van der Waals surface area (Å²) in [6.45, 7) is 4.90. The molecule has 0 rings (SSSR count). The molecule has 8 heavy (non-hydrogen) atoms. The first-order valence-corrected chi connectivity index (χ1v) is 2.46. The van der Waals surface area contributed by atoms with Crippen molar-refractivity contribution in [3.8, 4) is 0 Å². The highest BCUT2D eigenvalue weighted by molar-refractivity contribution is 6.64. The van der Waals surface area contributed by atoms with Crippen LogP contribution in [-0.4, -0.2) is 11.9 Å². The second kappa shape index (κ2) is 4.53. The van der Waals surface area contributed by atoms with E-state index in [4.69, 9.17) is 11.6 Å². The largest absolute Gasteiger partial charge is 0.271 e. The van der Waals surface area contributed by atoms with Gasteiger partial charge in [0.25, 0.3) is 0 Å². The highest BCUT2D eigenvalue weighted by Gasteiger charge is 1.71. The van der Waals surface area contributed by atoms with E-state index in [0.29, 0.717) is 5.17 Å². The van der Waals surface area contributed by atoms with Gasteiger partial charge in [0.15, 0.2) is 0 Å². The quantitative estimate of drug-likeness (QED) is 0.510. The van der Waals surface area contributed by atoms with E-state index in [1.807, 2.05) is 0 Å². The predicted molar refractivity (Wildman–Crippen MR) is 37.7 cm³/mol. The van der Waals surface area contributed by atoms with Crippen molar-refractivity contribution >= 4 is 23.5 Å². The Morgan fingerprint density at radius 3 is 2.62 bits per heavy atom. The Balaban J connectivity index is 3.57. The molecular weight excluding hydrogens is 124 g/mol. The molecule has 0 atom stereocenters. The molecule has 0 fully saturated rings. The molecule has 0 heterocycles. The SMILES string of the molecule is C=N/C=C\N=C(/C)Cl. The lowest BCUT2D eigenvalue weighted by Gasteiger charge is -1.75. The van der Waals surface area contributed by atoms with Crippen molar-refractivity contribution in [1.82, 2.24) is 0 Å². The molecular formula is C5H7ClN2. The van der Waals surface area contributed by atoms with Gasteiger partial charge in [-0.15, -0.1) is 0 Å². The molecule has 0 aromatic heterocycles. The number of aliphatic imine (C=N–C) groups is 2. The zero-order valence-corrected chi connectivity index (χ0v) is 5.39. The summed E-state index contributed by atoms with van der Waals surface area (Å²) in [6.07, 6.45) is 2.95. The summed E-state index contributed by atoms with van der Waals surface area (Å²) in [5.74, 6) is 0. The highest BCUT2D eigenvalue weighted by atomic mass is 35.5. The lowest BCUT2D eigenvalue weighted by Crippen LogP contribution is -1.68. The monoisotopic (exact) mass is 130 g/mol. The number of halogens is 1. The van der Waals surface area contributed by atoms with Crippen molar-refractivity contribution < 1.29 is 0 Å². The third-order valence-corrected chi connectivity index (χ3v) is 0.522. The smallest absolute Gasteiger partial charge is 0.103 e. The topological polar surface area (TPSA) is 24.7 Å². The summed E-state index contributed by atoms with van der Waals surface area (Å²) in [7, 11) is 0. The van der Waals surface area contributed by atoms with Gasteiger partial charge in [-0.2, -0.15) is 0 Å². The van der Waals surface area contributed by atoms with E-state index in [1.165, 1.54) is 12.4 Å². The van der Waals surface area contributed by atoms with Crippen LogP contribution in [0.1, 0.15) is 6.92 Å². The molecule has 0 aliphatic heterocycles. The van der Waals surface area contributed by atoms with Crippen molar-refractivity contribution in [2.75, 3.05) is 0 Å². The summed E-state index contributed by atoms with van der Waals surface area (Å²) in [5.41, 5.74) is 0. The van der Waals surface area contributed by atoms with Gasteiger partial charge in [-0.05, 0) is 13.6 Å². The van der Waals surface area contributed by atoms with Crippen LogP contribution in [0.5, 0.6) is 0 Å². The van der Waals surface area contributed by atoms with Crippen LogP contribution in [0.25, 0.3) is 0 Å². The first-order chi connectivity index (χ1) is 3.77. The summed E-state index contributed by atoms with van der Waals surface area (Å²) in [4.78, 5) is 7.09. The third-order valence-electron chi connectivity index (χ3n) is 0.425. The van der Waals surface area contributed by atoms with Crippen LogP contribution >= 0.6 is 11.6 Å². The van der Waals surface area contributed by atoms with E-state index < -0.39 is 0 Å². The van der Waals surface area contributed by atoms with Gasteiger partial charge in [-0.3, -0.25) is 4.99 Å². The van der Waals surface area contributed by atoms with Gasteiger partial charge in [0.05, 0.1) is 0 Å². The molecule has 44 valence electrons. The average molecular weight is 131 g/mol. The maximum atomic E-state index is 5.35. The van der Waals surface area contributed by atoms with Crippen LogP contribution in [0.3, 0.4) is 0 Å². The van der Waals surface area contributed by atoms with Gasteiger partial charge >= 0.3 is 0 Å². The maximum Gasteiger partial charge on any atom is 0.103 e. The summed E-state index contributed by atoms with van der Waals surface area (Å²) < 4.78 is 0. The predicted octanol–water partition coefficient (Wildman–Crippen LogP) is 1.82. The molecule has 0 unspecified atom stereocenters. The van der Waals surface area contributed by atoms with E-state index in [2.05, 4.69) is 16.7 Å². The molecule has 0 saturated carbocycles. The van der Waals surface area contributed by atoms with Crippen LogP contribution in [0.2, 0.25) is 0 Å². The van der Waals surface area contributed by atoms with Crippen molar-refractivity contribution in [3.05, 3.63) is 12.4 Å². The van der Waals surface area contributed by atoms with Crippen LogP contribution in [0.15, 0.2) is 22.4 Å². The molecule has 0 aliphatic rings. The minimum atomic E-state index is 0.491. The standard InChI is InChI=1S/C5H7ClN2/c1-5(6)8-4-3-7-2/h3-4H,2H2,1H3/b4-3-,8-5+. The van der Waals surface area contributed by atoms with Gasteiger partial charge in [0.2, 0.25) is 0 Å². The van der Waals surface area contributed by atoms with Crippen LogP contribution < -0.4 is 0 Å². The van der Waals surface area contributed by atoms with E-state index in [0.717, 1.165) is 0 Å². The molecule has 0 aliphatic carbocycles. The summed E-state index contributed by atoms with van der Waals surface area (Å²) in [6, 6.07) is 0. The van der Waals surface area contributed by atoms with Gasteiger partial charge < -0.3 is 0 Å². The molecule has 2 nitrogen and oxygen atoms in total. The van der Waals surface area contributed by atoms with Crippen LogP contribution in [0, 0.1) is 0 Å². The number of hydrogen-bond donors (Lipinski definition) is 0. The van der Waals surface area contributed by atoms with Crippen LogP contribution in [-0.2, 0) is 0 Å². The highest BCUT2D eigenvalue weighted by Crippen LogP contribution is 1.83. The van der Waals surface area contributed by atoms with E-state index in [-0.39, 0.29) is 0 Å². The molecule has 0 radical (unpaired) electrons. The zero-order chi connectivity index (χ0) is 6.41. The van der Waals surface area contributed by atoms with Crippen molar-refractivity contribution in [2.24, 2.45) is 9.98 Å². The van der Waals surface area contributed by atoms with Gasteiger partial charge in [0.1, 0.15) is 5.17 Å². The molecule has 0 spiro atoms. The van der Waals surface area contributed by atoms with Crippen molar-refractivity contribution in [2.45, 2.75) is 6.92 Å². The second-order valence-corrected chi connectivity index (χ2v) is 1.65. The number of nitrogens with zero attached hydrogens (tertiary/aromatic N) is 2. The van der Waals surface area contributed by atoms with Gasteiger partial charge in [-0.25, -0.2) is 4.99 Å². The second-order valence-electron chi connectivity index (χ2n) is 1.11. The Morgan fingerprint density at radius 2 is 2.25 bits per heavy atom. The Morgan fingerprint density at radius 1 is 1.62 bits per heavy atom. The third kappa shape index (κ3) is 5.37. The van der Waals surface area contributed by atoms with E-state index >= 15 is 0 Å². The lowest BCUT2D eigenvalue weighted by atomic mass is 10.8. The van der Waals surface area contributed by atoms with Gasteiger partial charge in [-0.1, -0.05) is 11.6 Å². The molecule has 0 bridgehead atoms. The first-order valence-electron chi connectivity index (χ1n) is 2.08. The molecule has 0 amide bonds. The molecule has 3 heteroatoms. The summed E-state index contributed by atoms with van der Waals surface area (Å²) in [5, 5.41) is 0.491. The molecule has 0 aromatic rings. The minimum Gasteiger partial charge on any atom is -0.271 e. The number of hydrogen-bond acceptors (Lipinski definition) is 2. The molecule has 0 saturated heterocycles. The Kier molecular flexibility index (Phi) is 4.17. The maximum absolute atomic E-state index is 5.35. The zero-order valence-electron chi connectivity index (χ0n) is 4.63. The number of rotatable bonds is 2. The minimum absolute atomic E-state index is 0.491. The molecule has 0 aromatic carbocycles. The Bertz CT molecular complexity index is 122. The fraction of sp³-hybridized carbons (Fsp3) is 0.200. The van der Waals surface area contributed by atoms with Crippen molar-refractivity contribution in [1.29, 1.82) is 0 Å². The summed E-state index contributed by atoms with van der Waals surface area (Å²) >= 11 is 5.35. The normalized spacial score (nSPS) is 12.5. The van der Waals surface area contributed by atoms with Crippen LogP contribution in [0.4, 0.5) is 0 Å². The fourth-order valence-electron chi connectivity index (χ4n) is 0.183. The van der Waals surface area contributed by atoms with E-state index in [9.17, 15) is 0 Å². The van der Waals surface area contributed by atoms with E-state index in [1.54, 1.807) is 6.92 Å². The Hall–Kier alpha value is -0.630. The van der Waals surface area contributed by atoms with Gasteiger partial charge in [0, 0.05) is 12.4 Å². The molecule has 0 N–H and O–H groups in total.